The van der Waals surface area contributed by atoms with Crippen molar-refractivity contribution in [2.45, 2.75) is 82.3 Å². The number of benzene rings is 1. The highest BCUT2D eigenvalue weighted by Gasteiger charge is 2.74. The SMILES string of the molecule is Cc1ccc(O)c(O)c1[C@@]12CC3C(C[C@@]1(O)[C@H]1C(CN1CC1CC1)C2)C1=C(CCC(N)=C1)C1C3C[C@@H]1C. The number of hydrogen-bond donors (Lipinski definition) is 4. The molecule has 0 bridgehead atoms. The molecule has 1 aromatic carbocycles. The second-order valence-corrected chi connectivity index (χ2v) is 14.2. The molecule has 6 aliphatic carbocycles. The third-order valence-corrected chi connectivity index (χ3v) is 12.4. The molecule has 5 fully saturated rings. The van der Waals surface area contributed by atoms with Gasteiger partial charge < -0.3 is 21.1 Å². The molecule has 7 aliphatic rings. The van der Waals surface area contributed by atoms with Crippen molar-refractivity contribution in [1.82, 2.24) is 4.90 Å². The Balaban J connectivity index is 1.30. The van der Waals surface area contributed by atoms with Crippen molar-refractivity contribution in [2.24, 2.45) is 47.2 Å². The highest BCUT2D eigenvalue weighted by atomic mass is 16.3. The van der Waals surface area contributed by atoms with Gasteiger partial charge >= 0.3 is 0 Å². The number of allylic oxidation sites excluding steroid dienone is 4. The summed E-state index contributed by atoms with van der Waals surface area (Å²) in [5.41, 5.74) is 10.9. The maximum atomic E-state index is 13.2. The maximum Gasteiger partial charge on any atom is 0.161 e. The van der Waals surface area contributed by atoms with Gasteiger partial charge in [-0.25, -0.2) is 0 Å². The van der Waals surface area contributed by atoms with E-state index < -0.39 is 11.0 Å². The van der Waals surface area contributed by atoms with Gasteiger partial charge in [-0.05, 0) is 123 Å². The Morgan fingerprint density at radius 1 is 1.08 bits per heavy atom. The van der Waals surface area contributed by atoms with E-state index in [4.69, 9.17) is 5.73 Å². The molecule has 0 radical (unpaired) electrons. The number of rotatable bonds is 3. The largest absolute Gasteiger partial charge is 0.504 e. The number of likely N-dealkylation sites (tertiary alicyclic amines) is 1. The summed E-state index contributed by atoms with van der Waals surface area (Å²) in [5, 5.41) is 35.2. The summed E-state index contributed by atoms with van der Waals surface area (Å²) < 4.78 is 0. The summed E-state index contributed by atoms with van der Waals surface area (Å²) in [6.45, 7) is 6.63. The van der Waals surface area contributed by atoms with E-state index in [1.807, 2.05) is 6.07 Å². The first-order valence-electron chi connectivity index (χ1n) is 14.9. The van der Waals surface area contributed by atoms with Crippen LogP contribution in [-0.4, -0.2) is 45.0 Å². The van der Waals surface area contributed by atoms with Gasteiger partial charge in [-0.3, -0.25) is 4.90 Å². The van der Waals surface area contributed by atoms with Crippen LogP contribution in [0.2, 0.25) is 0 Å². The summed E-state index contributed by atoms with van der Waals surface area (Å²) in [7, 11) is 0. The molecule has 9 atom stereocenters. The molecule has 198 valence electrons. The third-order valence-electron chi connectivity index (χ3n) is 12.4. The Bertz CT molecular complexity index is 1250. The van der Waals surface area contributed by atoms with E-state index >= 15 is 0 Å². The number of phenols is 2. The Morgan fingerprint density at radius 2 is 1.89 bits per heavy atom. The molecule has 1 aromatic rings. The molecule has 0 spiro atoms. The van der Waals surface area contributed by atoms with Crippen molar-refractivity contribution in [3.05, 3.63) is 46.2 Å². The number of phenolic OH excluding ortho intramolecular Hbond substituents is 2. The molecular formula is C32H42N2O3. The normalized spacial score (nSPS) is 46.0. The van der Waals surface area contributed by atoms with E-state index in [-0.39, 0.29) is 17.5 Å². The molecule has 5 heteroatoms. The lowest BCUT2D eigenvalue weighted by Crippen LogP contribution is -2.69. The molecule has 0 amide bonds. The van der Waals surface area contributed by atoms with Gasteiger partial charge in [0.25, 0.3) is 0 Å². The topological polar surface area (TPSA) is 90.0 Å². The minimum Gasteiger partial charge on any atom is -0.504 e. The van der Waals surface area contributed by atoms with Crippen LogP contribution < -0.4 is 5.73 Å². The number of fused-ring (bicyclic) bond motifs is 8. The second kappa shape index (κ2) is 7.35. The lowest BCUT2D eigenvalue weighted by Gasteiger charge is -2.64. The van der Waals surface area contributed by atoms with Crippen molar-refractivity contribution in [1.29, 1.82) is 0 Å². The first-order valence-corrected chi connectivity index (χ1v) is 14.9. The summed E-state index contributed by atoms with van der Waals surface area (Å²) in [4.78, 5) is 2.58. The average Bonchev–Trinajstić information content (AvgIpc) is 3.62. The summed E-state index contributed by atoms with van der Waals surface area (Å²) >= 11 is 0. The minimum absolute atomic E-state index is 0.00275. The molecule has 0 aromatic heterocycles. The van der Waals surface area contributed by atoms with Gasteiger partial charge in [0.1, 0.15) is 0 Å². The van der Waals surface area contributed by atoms with Crippen LogP contribution in [0.4, 0.5) is 0 Å². The molecule has 37 heavy (non-hydrogen) atoms. The van der Waals surface area contributed by atoms with Crippen molar-refractivity contribution in [3.8, 4) is 11.5 Å². The van der Waals surface area contributed by atoms with E-state index in [2.05, 4.69) is 24.8 Å². The summed E-state index contributed by atoms with van der Waals surface area (Å²) in [5.74, 6) is 4.02. The van der Waals surface area contributed by atoms with E-state index in [0.717, 1.165) is 67.9 Å². The minimum atomic E-state index is -0.928. The quantitative estimate of drug-likeness (QED) is 0.449. The molecule has 8 rings (SSSR count). The van der Waals surface area contributed by atoms with Gasteiger partial charge in [0.2, 0.25) is 0 Å². The van der Waals surface area contributed by atoms with Crippen LogP contribution in [0.25, 0.3) is 0 Å². The number of nitrogens with two attached hydrogens (primary N) is 1. The fraction of sp³-hybridized carbons (Fsp3) is 0.688. The number of aromatic hydroxyl groups is 2. The van der Waals surface area contributed by atoms with Crippen LogP contribution in [0.1, 0.15) is 69.4 Å². The smallest absolute Gasteiger partial charge is 0.161 e. The van der Waals surface area contributed by atoms with Crippen LogP contribution in [0, 0.1) is 48.3 Å². The predicted octanol–water partition coefficient (Wildman–Crippen LogP) is 4.73. The number of nitrogens with zero attached hydrogens (tertiary/aromatic N) is 1. The first-order chi connectivity index (χ1) is 17.7. The van der Waals surface area contributed by atoms with E-state index in [0.29, 0.717) is 35.5 Å². The maximum absolute atomic E-state index is 13.2. The fourth-order valence-electron chi connectivity index (χ4n) is 10.9. The highest BCUT2D eigenvalue weighted by molar-refractivity contribution is 5.57. The second-order valence-electron chi connectivity index (χ2n) is 14.2. The van der Waals surface area contributed by atoms with Gasteiger partial charge in [-0.15, -0.1) is 0 Å². The third kappa shape index (κ3) is 2.83. The van der Waals surface area contributed by atoms with Crippen LogP contribution in [0.15, 0.2) is 35.1 Å². The predicted molar refractivity (Wildman–Crippen MR) is 143 cm³/mol. The van der Waals surface area contributed by atoms with Crippen molar-refractivity contribution in [2.75, 3.05) is 13.1 Å². The van der Waals surface area contributed by atoms with Gasteiger partial charge in [0, 0.05) is 35.8 Å². The number of hydrogen-bond acceptors (Lipinski definition) is 5. The van der Waals surface area contributed by atoms with E-state index in [9.17, 15) is 15.3 Å². The van der Waals surface area contributed by atoms with Gasteiger partial charge in [-0.2, -0.15) is 0 Å². The Hall–Kier alpha value is -1.98. The molecule has 4 saturated carbocycles. The van der Waals surface area contributed by atoms with Crippen molar-refractivity contribution in [3.63, 3.8) is 0 Å². The van der Waals surface area contributed by atoms with Crippen LogP contribution in [0.3, 0.4) is 0 Å². The molecule has 1 aliphatic heterocycles. The molecular weight excluding hydrogens is 460 g/mol. The van der Waals surface area contributed by atoms with Crippen LogP contribution in [-0.2, 0) is 5.41 Å². The van der Waals surface area contributed by atoms with Crippen molar-refractivity contribution < 1.29 is 15.3 Å². The number of aliphatic hydroxyl groups is 1. The zero-order valence-corrected chi connectivity index (χ0v) is 22.3. The van der Waals surface area contributed by atoms with Crippen molar-refractivity contribution >= 4 is 0 Å². The standard InChI is InChI=1S/C32H42N2O3/c1-16-3-8-26(35)29(36)28(16)31-11-19-15-34(14-18-4-5-18)30(19)32(31,37)13-25-22-10-20(33)6-7-21(22)27-17(2)9-23(27)24(25)12-31/h3,8,10,17-19,23-25,27,30,35-37H,4-7,9,11-15,33H2,1-2H3/t17-,19?,23?,24?,25?,27?,30+,31+,32+/m0/s1. The monoisotopic (exact) mass is 502 g/mol. The average molecular weight is 503 g/mol. The fourth-order valence-corrected chi connectivity index (χ4v) is 10.9. The highest BCUT2D eigenvalue weighted by Crippen LogP contribution is 2.71. The molecule has 5 N–H and O–H groups in total. The summed E-state index contributed by atoms with van der Waals surface area (Å²) in [6.07, 6.45) is 10.8. The van der Waals surface area contributed by atoms with Gasteiger partial charge in [-0.1, -0.05) is 18.6 Å². The van der Waals surface area contributed by atoms with Gasteiger partial charge in [0.15, 0.2) is 11.5 Å². The zero-order chi connectivity index (χ0) is 25.4. The molecule has 1 saturated heterocycles. The molecule has 5 unspecified atom stereocenters. The van der Waals surface area contributed by atoms with Gasteiger partial charge in [0.05, 0.1) is 5.60 Å². The molecule has 5 nitrogen and oxygen atoms in total. The van der Waals surface area contributed by atoms with E-state index in [1.54, 1.807) is 11.6 Å². The lowest BCUT2D eigenvalue weighted by molar-refractivity contribution is -0.161. The Kier molecular flexibility index (Phi) is 4.56. The first kappa shape index (κ1) is 23.0. The Labute approximate surface area is 220 Å². The lowest BCUT2D eigenvalue weighted by atomic mass is 9.42. The zero-order valence-electron chi connectivity index (χ0n) is 22.3. The molecule has 1 heterocycles. The van der Waals surface area contributed by atoms with E-state index in [1.165, 1.54) is 24.8 Å². The van der Waals surface area contributed by atoms with Crippen LogP contribution in [0.5, 0.6) is 11.5 Å². The summed E-state index contributed by atoms with van der Waals surface area (Å²) in [6, 6.07) is 3.69. The van der Waals surface area contributed by atoms with Crippen LogP contribution >= 0.6 is 0 Å². The number of aryl methyl sites for hydroxylation is 1. The Morgan fingerprint density at radius 3 is 2.65 bits per heavy atom.